The van der Waals surface area contributed by atoms with Crippen LogP contribution in [-0.4, -0.2) is 7.94 Å². The second-order valence-corrected chi connectivity index (χ2v) is 0.507. The third-order valence-electron chi connectivity index (χ3n) is 0. The van der Waals surface area contributed by atoms with Gasteiger partial charge in [-0.25, -0.2) is 4.20 Å². The first-order valence-corrected chi connectivity index (χ1v) is 1.85. The normalized spacial score (nSPS) is 16.0. The Morgan fingerprint density at radius 2 is 2.25 bits per heavy atom. The minimum Gasteiger partial charge on any atom is -0.231 e. The molecule has 0 bridgehead atoms. The lowest BCUT2D eigenvalue weighted by atomic mass is 12.0. The maximum absolute atomic E-state index is 10.7. The summed E-state index contributed by atoms with van der Waals surface area (Å²) in [5.74, 6) is 0. The first kappa shape index (κ1) is 4.36. The second kappa shape index (κ2) is 10.1. The Morgan fingerprint density at radius 3 is 2.25 bits per heavy atom. The smallest absolute Gasteiger partial charge is 0.0940 e. The van der Waals surface area contributed by atoms with Crippen LogP contribution < -0.4 is 0 Å². The molecule has 0 aliphatic rings. The van der Waals surface area contributed by atoms with Crippen LogP contribution in [0.2, 0.25) is 0 Å². The fraction of sp³-hybridized carbons (Fsp3) is 1.00. The van der Waals surface area contributed by atoms with Gasteiger partial charge in [0.2, 0.25) is 0 Å². The summed E-state index contributed by atoms with van der Waals surface area (Å²) < 4.78 is 16.7. The zero-order valence-electron chi connectivity index (χ0n) is 2.83. The number of halogens is 1. The maximum atomic E-state index is 10.7. The van der Waals surface area contributed by atoms with Crippen LogP contribution in [0.3, 0.4) is 0 Å². The van der Waals surface area contributed by atoms with Crippen LogP contribution in [0.4, 0.5) is 4.20 Å². The SMILES string of the molecule is C.[3H]P(C)F. The van der Waals surface area contributed by atoms with Gasteiger partial charge in [0.25, 0.3) is 0 Å². The average Bonchev–Trinajstić information content (AvgIpc) is 0.811. The van der Waals surface area contributed by atoms with Crippen LogP contribution in [0.5, 0.6) is 0 Å². The van der Waals surface area contributed by atoms with E-state index < -0.39 is 8.84 Å². The molecule has 2 heteroatoms. The molecule has 0 aliphatic heterocycles. The van der Waals surface area contributed by atoms with Gasteiger partial charge >= 0.3 is 0 Å². The summed E-state index contributed by atoms with van der Waals surface area (Å²) in [6.07, 6.45) is 0. The topological polar surface area (TPSA) is 0 Å². The molecule has 0 fully saturated rings. The third kappa shape index (κ3) is 33.7. The van der Waals surface area contributed by atoms with E-state index in [9.17, 15) is 4.20 Å². The number of hydrogen-bond acceptors (Lipinski definition) is 0. The Morgan fingerprint density at radius 1 is 2.25 bits per heavy atom. The highest BCUT2D eigenvalue weighted by molar-refractivity contribution is 7.30. The van der Waals surface area contributed by atoms with Crippen LogP contribution in [0, 0.1) is 0 Å². The lowest BCUT2D eigenvalue weighted by Gasteiger charge is -1.45. The summed E-state index contributed by atoms with van der Waals surface area (Å²) in [5, 5.41) is 0. The molecule has 0 aromatic carbocycles. The first-order valence-electron chi connectivity index (χ1n) is 1.06. The van der Waals surface area contributed by atoms with E-state index in [1.54, 1.807) is 0 Å². The van der Waals surface area contributed by atoms with Crippen molar-refractivity contribution in [2.24, 2.45) is 0 Å². The largest absolute Gasteiger partial charge is 0.231 e. The zero-order chi connectivity index (χ0) is 3.58. The van der Waals surface area contributed by atoms with Gasteiger partial charge in [-0.05, 0) is 6.66 Å². The standard InChI is InChI=1S/CH4FP.CH4/c1-3-2;/h3H,1H3;1H4/i3T;. The van der Waals surface area contributed by atoms with Crippen LogP contribution in [0.1, 0.15) is 7.43 Å². The zero-order valence-corrected chi connectivity index (χ0v) is 2.72. The highest BCUT2D eigenvalue weighted by atomic mass is 31.1. The Hall–Kier alpha value is 0.360. The predicted octanol–water partition coefficient (Wildman–Crippen LogP) is 1.82. The van der Waals surface area contributed by atoms with Crippen LogP contribution in [0.15, 0.2) is 0 Å². The number of rotatable bonds is 0. The van der Waals surface area contributed by atoms with E-state index in [1.807, 2.05) is 0 Å². The van der Waals surface area contributed by atoms with Crippen molar-refractivity contribution in [3.8, 4) is 0 Å². The van der Waals surface area contributed by atoms with Gasteiger partial charge < -0.3 is 0 Å². The highest BCUT2D eigenvalue weighted by Gasteiger charge is 1.39. The van der Waals surface area contributed by atoms with Crippen molar-refractivity contribution in [3.63, 3.8) is 0 Å². The van der Waals surface area contributed by atoms with Gasteiger partial charge in [-0.1, -0.05) is 7.43 Å². The Bertz CT molecular complexity index is 14.4. The summed E-state index contributed by atoms with van der Waals surface area (Å²) in [4.78, 5) is 0. The van der Waals surface area contributed by atoms with Gasteiger partial charge in [-0.15, -0.1) is 0 Å². The predicted molar refractivity (Wildman–Crippen MR) is 22.1 cm³/mol. The van der Waals surface area contributed by atoms with Crippen molar-refractivity contribution in [2.45, 2.75) is 7.43 Å². The molecular formula is C2H8FP. The van der Waals surface area contributed by atoms with Crippen LogP contribution in [-0.2, 0) is 0 Å². The monoisotopic (exact) mass is 84.0 g/mol. The molecule has 0 aliphatic carbocycles. The molecule has 0 heterocycles. The van der Waals surface area contributed by atoms with E-state index in [0.29, 0.717) is 0 Å². The van der Waals surface area contributed by atoms with Gasteiger partial charge in [-0.2, -0.15) is 0 Å². The molecular weight excluding hydrogens is 74.0 g/mol. The minimum absolute atomic E-state index is 0. The molecule has 1 unspecified atom stereocenters. The van der Waals surface area contributed by atoms with E-state index in [0.717, 1.165) is 0 Å². The van der Waals surface area contributed by atoms with Crippen molar-refractivity contribution >= 4 is 8.84 Å². The Labute approximate surface area is 29.6 Å². The van der Waals surface area contributed by atoms with Gasteiger partial charge in [0.15, 0.2) is 0 Å². The number of hydrogen-bond donors (Lipinski definition) is 0. The second-order valence-electron chi connectivity index (χ2n) is 0.169. The molecule has 0 saturated carbocycles. The Balaban J connectivity index is 0. The molecule has 0 amide bonds. The lowest BCUT2D eigenvalue weighted by Crippen LogP contribution is -1.03. The van der Waals surface area contributed by atoms with E-state index in [4.69, 9.17) is 1.28 Å². The molecule has 0 radical (unpaired) electrons. The van der Waals surface area contributed by atoms with Crippen molar-refractivity contribution in [1.82, 2.24) is 0 Å². The molecule has 0 nitrogen and oxygen atoms in total. The molecule has 4 heavy (non-hydrogen) atoms. The fourth-order valence-corrected chi connectivity index (χ4v) is 0. The highest BCUT2D eigenvalue weighted by Crippen LogP contribution is 1.97. The van der Waals surface area contributed by atoms with E-state index >= 15 is 0 Å². The summed E-state index contributed by atoms with van der Waals surface area (Å²) in [5.41, 5.74) is 0. The van der Waals surface area contributed by atoms with Crippen LogP contribution >= 0.6 is 8.84 Å². The van der Waals surface area contributed by atoms with Gasteiger partial charge in [0.05, 0.1) is 10.1 Å². The first-order chi connectivity index (χ1) is 1.73. The van der Waals surface area contributed by atoms with Gasteiger partial charge in [0, 0.05) is 0 Å². The minimum atomic E-state index is -1.87. The van der Waals surface area contributed by atoms with Crippen LogP contribution in [0.25, 0.3) is 0 Å². The molecule has 0 aromatic rings. The summed E-state index contributed by atoms with van der Waals surface area (Å²) in [6.45, 7) is 1.23. The van der Waals surface area contributed by atoms with Crippen molar-refractivity contribution in [1.29, 1.82) is 1.28 Å². The van der Waals surface area contributed by atoms with Gasteiger partial charge in [-0.3, -0.25) is 0 Å². The van der Waals surface area contributed by atoms with Crippen molar-refractivity contribution in [2.75, 3.05) is 6.66 Å². The molecule has 0 rings (SSSR count). The molecule has 1 atom stereocenters. The van der Waals surface area contributed by atoms with Gasteiger partial charge in [0.1, 0.15) is 0 Å². The van der Waals surface area contributed by atoms with Crippen molar-refractivity contribution in [3.05, 3.63) is 0 Å². The quantitative estimate of drug-likeness (QED) is 0.393. The summed E-state index contributed by atoms with van der Waals surface area (Å²) in [6, 6.07) is 0. The Kier molecular flexibility index (Phi) is 11.0. The molecule has 0 saturated heterocycles. The maximum Gasteiger partial charge on any atom is 0.0940 e. The summed E-state index contributed by atoms with van der Waals surface area (Å²) in [7, 11) is -1.87. The third-order valence-corrected chi connectivity index (χ3v) is 0. The molecule has 0 N–H and O–H groups in total. The van der Waals surface area contributed by atoms with E-state index in [2.05, 4.69) is 0 Å². The van der Waals surface area contributed by atoms with Crippen molar-refractivity contribution < 1.29 is 4.20 Å². The van der Waals surface area contributed by atoms with E-state index in [1.165, 1.54) is 6.66 Å². The average molecular weight is 84.1 g/mol. The molecule has 0 spiro atoms. The summed E-state index contributed by atoms with van der Waals surface area (Å²) >= 11 is 0. The molecule has 0 aromatic heterocycles. The fourth-order valence-electron chi connectivity index (χ4n) is 0. The molecule has 28 valence electrons. The lowest BCUT2D eigenvalue weighted by molar-refractivity contribution is 0.925. The van der Waals surface area contributed by atoms with E-state index in [-0.39, 0.29) is 7.43 Å².